The summed E-state index contributed by atoms with van der Waals surface area (Å²) in [5, 5.41) is 0.348. The van der Waals surface area contributed by atoms with Crippen molar-refractivity contribution >= 4 is 11.6 Å². The molecule has 0 radical (unpaired) electrons. The van der Waals surface area contributed by atoms with Gasteiger partial charge in [-0.3, -0.25) is 0 Å². The van der Waals surface area contributed by atoms with Crippen LogP contribution in [0.4, 0.5) is 4.39 Å². The van der Waals surface area contributed by atoms with E-state index in [1.54, 1.807) is 18.2 Å². The Morgan fingerprint density at radius 3 is 2.62 bits per heavy atom. The Morgan fingerprint density at radius 1 is 1.10 bits per heavy atom. The van der Waals surface area contributed by atoms with Crippen molar-refractivity contribution in [2.75, 3.05) is 13.2 Å². The highest BCUT2D eigenvalue weighted by Gasteiger charge is 2.22. The number of rotatable bonds is 4. The molecule has 1 heterocycles. The lowest BCUT2D eigenvalue weighted by atomic mass is 10.2. The molecule has 0 spiro atoms. The largest absolute Gasteiger partial charge is 0.488 e. The summed E-state index contributed by atoms with van der Waals surface area (Å²) in [4.78, 5) is 0. The van der Waals surface area contributed by atoms with Crippen molar-refractivity contribution in [3.8, 4) is 5.75 Å². The summed E-state index contributed by atoms with van der Waals surface area (Å²) >= 11 is 5.99. The van der Waals surface area contributed by atoms with Gasteiger partial charge in [0, 0.05) is 11.1 Å². The van der Waals surface area contributed by atoms with E-state index in [1.165, 1.54) is 6.07 Å². The van der Waals surface area contributed by atoms with Gasteiger partial charge in [0.05, 0.1) is 18.2 Å². The molecule has 0 amide bonds. The molecule has 5 heteroatoms. The minimum absolute atomic E-state index is 0.0508. The average molecular weight is 309 g/mol. The van der Waals surface area contributed by atoms with Gasteiger partial charge in [-0.2, -0.15) is 0 Å². The molecule has 0 N–H and O–H groups in total. The van der Waals surface area contributed by atoms with Gasteiger partial charge < -0.3 is 14.2 Å². The Balaban J connectivity index is 1.79. The fourth-order valence-electron chi connectivity index (χ4n) is 2.16. The molecule has 2 aromatic rings. The molecule has 1 aliphatic rings. The van der Waals surface area contributed by atoms with E-state index in [0.717, 1.165) is 5.56 Å². The van der Waals surface area contributed by atoms with Crippen LogP contribution in [0.15, 0.2) is 42.5 Å². The molecule has 1 aliphatic heterocycles. The van der Waals surface area contributed by atoms with Gasteiger partial charge in [0.15, 0.2) is 6.29 Å². The molecule has 0 bridgehead atoms. The van der Waals surface area contributed by atoms with Gasteiger partial charge in [0.2, 0.25) is 0 Å². The van der Waals surface area contributed by atoms with Gasteiger partial charge in [0.25, 0.3) is 0 Å². The monoisotopic (exact) mass is 308 g/mol. The summed E-state index contributed by atoms with van der Waals surface area (Å²) in [5.74, 6) is 0.220. The number of hydrogen-bond donors (Lipinski definition) is 0. The number of ether oxygens (including phenoxy) is 3. The van der Waals surface area contributed by atoms with Gasteiger partial charge in [0.1, 0.15) is 18.2 Å². The standard InChI is InChI=1S/C16H14ClFO3/c17-13-5-3-6-14(18)12(13)10-21-15-7-2-1-4-11(15)16-19-8-9-20-16/h1-7,16H,8-10H2. The summed E-state index contributed by atoms with van der Waals surface area (Å²) in [6, 6.07) is 12.0. The highest BCUT2D eigenvalue weighted by atomic mass is 35.5. The van der Waals surface area contributed by atoms with Crippen molar-refractivity contribution in [2.45, 2.75) is 12.9 Å². The van der Waals surface area contributed by atoms with Crippen LogP contribution in [-0.2, 0) is 16.1 Å². The maximum atomic E-state index is 13.7. The summed E-state index contributed by atoms with van der Waals surface area (Å²) in [7, 11) is 0. The third-order valence-electron chi connectivity index (χ3n) is 3.23. The average Bonchev–Trinajstić information content (AvgIpc) is 3.01. The van der Waals surface area contributed by atoms with Gasteiger partial charge >= 0.3 is 0 Å². The lowest BCUT2D eigenvalue weighted by Crippen LogP contribution is -2.05. The van der Waals surface area contributed by atoms with Crippen molar-refractivity contribution in [2.24, 2.45) is 0 Å². The van der Waals surface area contributed by atoms with E-state index < -0.39 is 6.29 Å². The number of halogens is 2. The van der Waals surface area contributed by atoms with Crippen LogP contribution in [0, 0.1) is 5.82 Å². The van der Waals surface area contributed by atoms with Crippen molar-refractivity contribution in [1.29, 1.82) is 0 Å². The first-order valence-electron chi connectivity index (χ1n) is 6.63. The molecule has 2 aromatic carbocycles. The summed E-state index contributed by atoms with van der Waals surface area (Å²) in [6.07, 6.45) is -0.433. The lowest BCUT2D eigenvalue weighted by molar-refractivity contribution is -0.0458. The molecular weight excluding hydrogens is 295 g/mol. The van der Waals surface area contributed by atoms with E-state index in [2.05, 4.69) is 0 Å². The van der Waals surface area contributed by atoms with Gasteiger partial charge in [-0.05, 0) is 18.2 Å². The lowest BCUT2D eigenvalue weighted by Gasteiger charge is -2.16. The third kappa shape index (κ3) is 3.18. The summed E-state index contributed by atoms with van der Waals surface area (Å²) < 4.78 is 30.4. The molecule has 1 fully saturated rings. The van der Waals surface area contributed by atoms with Crippen molar-refractivity contribution in [3.05, 3.63) is 64.4 Å². The second kappa shape index (κ2) is 6.43. The Hall–Kier alpha value is -1.62. The fraction of sp³-hybridized carbons (Fsp3) is 0.250. The van der Waals surface area contributed by atoms with Crippen LogP contribution in [-0.4, -0.2) is 13.2 Å². The van der Waals surface area contributed by atoms with Gasteiger partial charge in [-0.25, -0.2) is 4.39 Å². The first kappa shape index (κ1) is 14.3. The van der Waals surface area contributed by atoms with E-state index in [0.29, 0.717) is 29.5 Å². The van der Waals surface area contributed by atoms with Gasteiger partial charge in [-0.15, -0.1) is 0 Å². The van der Waals surface area contributed by atoms with Crippen LogP contribution >= 0.6 is 11.6 Å². The van der Waals surface area contributed by atoms with Crippen LogP contribution in [0.5, 0.6) is 5.75 Å². The van der Waals surface area contributed by atoms with Crippen LogP contribution < -0.4 is 4.74 Å². The molecule has 0 aromatic heterocycles. The number of hydrogen-bond acceptors (Lipinski definition) is 3. The molecule has 0 aliphatic carbocycles. The highest BCUT2D eigenvalue weighted by Crippen LogP contribution is 2.32. The summed E-state index contributed by atoms with van der Waals surface area (Å²) in [5.41, 5.74) is 1.13. The van der Waals surface area contributed by atoms with Crippen molar-refractivity contribution < 1.29 is 18.6 Å². The topological polar surface area (TPSA) is 27.7 Å². The Labute approximate surface area is 127 Å². The normalized spacial score (nSPS) is 15.3. The maximum absolute atomic E-state index is 13.7. The number of benzene rings is 2. The fourth-order valence-corrected chi connectivity index (χ4v) is 2.38. The zero-order valence-electron chi connectivity index (χ0n) is 11.2. The molecule has 110 valence electrons. The zero-order valence-corrected chi connectivity index (χ0v) is 12.0. The quantitative estimate of drug-likeness (QED) is 0.851. The van der Waals surface area contributed by atoms with Crippen LogP contribution in [0.25, 0.3) is 0 Å². The van der Waals surface area contributed by atoms with Gasteiger partial charge in [-0.1, -0.05) is 35.9 Å². The van der Waals surface area contributed by atoms with E-state index in [9.17, 15) is 4.39 Å². The van der Waals surface area contributed by atoms with E-state index in [4.69, 9.17) is 25.8 Å². The Morgan fingerprint density at radius 2 is 1.86 bits per heavy atom. The molecule has 3 nitrogen and oxygen atoms in total. The first-order valence-corrected chi connectivity index (χ1v) is 7.01. The third-order valence-corrected chi connectivity index (χ3v) is 3.58. The summed E-state index contributed by atoms with van der Waals surface area (Å²) in [6.45, 7) is 1.16. The molecule has 1 saturated heterocycles. The van der Waals surface area contributed by atoms with E-state index >= 15 is 0 Å². The Kier molecular flexibility index (Phi) is 4.39. The van der Waals surface area contributed by atoms with Crippen LogP contribution in [0.1, 0.15) is 17.4 Å². The molecule has 0 unspecified atom stereocenters. The molecular formula is C16H14ClFO3. The molecule has 3 rings (SSSR count). The van der Waals surface area contributed by atoms with E-state index in [1.807, 2.05) is 18.2 Å². The van der Waals surface area contributed by atoms with Crippen LogP contribution in [0.2, 0.25) is 5.02 Å². The second-order valence-electron chi connectivity index (χ2n) is 4.60. The smallest absolute Gasteiger partial charge is 0.187 e. The maximum Gasteiger partial charge on any atom is 0.187 e. The predicted molar refractivity (Wildman–Crippen MR) is 76.8 cm³/mol. The predicted octanol–water partition coefficient (Wildman–Crippen LogP) is 4.10. The minimum Gasteiger partial charge on any atom is -0.488 e. The van der Waals surface area contributed by atoms with Crippen molar-refractivity contribution in [1.82, 2.24) is 0 Å². The second-order valence-corrected chi connectivity index (χ2v) is 5.01. The molecule has 0 atom stereocenters. The van der Waals surface area contributed by atoms with E-state index in [-0.39, 0.29) is 12.4 Å². The number of para-hydroxylation sites is 1. The molecule has 21 heavy (non-hydrogen) atoms. The highest BCUT2D eigenvalue weighted by molar-refractivity contribution is 6.31. The van der Waals surface area contributed by atoms with Crippen molar-refractivity contribution in [3.63, 3.8) is 0 Å². The first-order chi connectivity index (χ1) is 10.3. The zero-order chi connectivity index (χ0) is 14.7. The van der Waals surface area contributed by atoms with Crippen LogP contribution in [0.3, 0.4) is 0 Å². The SMILES string of the molecule is Fc1cccc(Cl)c1COc1ccccc1C1OCCO1. The molecule has 0 saturated carbocycles. The minimum atomic E-state index is -0.433. The Bertz CT molecular complexity index is 606.